The third kappa shape index (κ3) is 4.23. The number of ether oxygens (including phenoxy) is 1. The lowest BCUT2D eigenvalue weighted by atomic mass is 10.1. The molecule has 1 aromatic carbocycles. The highest BCUT2D eigenvalue weighted by Gasteiger charge is 2.28. The van der Waals surface area contributed by atoms with Crippen molar-refractivity contribution in [2.75, 3.05) is 20.3 Å². The highest BCUT2D eigenvalue weighted by atomic mass is 32.2. The molecule has 1 rings (SSSR count). The number of sulfonamides is 1. The van der Waals surface area contributed by atoms with Crippen molar-refractivity contribution in [1.29, 1.82) is 0 Å². The molecule has 0 aromatic heterocycles. The fourth-order valence-corrected chi connectivity index (χ4v) is 4.00. The van der Waals surface area contributed by atoms with Gasteiger partial charge in [0.25, 0.3) is 0 Å². The second-order valence-electron chi connectivity index (χ2n) is 5.05. The summed E-state index contributed by atoms with van der Waals surface area (Å²) in [6, 6.07) is 4.81. The molecule has 0 saturated carbocycles. The maximum absolute atomic E-state index is 12.9. The van der Waals surface area contributed by atoms with E-state index < -0.39 is 10.0 Å². The van der Waals surface area contributed by atoms with E-state index in [-0.39, 0.29) is 15.9 Å². The van der Waals surface area contributed by atoms with Crippen molar-refractivity contribution < 1.29 is 13.2 Å². The molecule has 0 aliphatic heterocycles. The molecule has 1 aromatic rings. The van der Waals surface area contributed by atoms with Crippen molar-refractivity contribution in [2.24, 2.45) is 5.73 Å². The second kappa shape index (κ2) is 7.31. The molecule has 0 atom stereocenters. The number of nitrogens with two attached hydrogens (primary N) is 1. The van der Waals surface area contributed by atoms with Gasteiger partial charge in [-0.15, -0.1) is 0 Å². The Morgan fingerprint density at radius 2 is 2.05 bits per heavy atom. The van der Waals surface area contributed by atoms with Crippen LogP contribution in [-0.4, -0.2) is 44.0 Å². The highest BCUT2D eigenvalue weighted by molar-refractivity contribution is 7.89. The van der Waals surface area contributed by atoms with Crippen LogP contribution in [0.2, 0.25) is 0 Å². The van der Waals surface area contributed by atoms with Crippen molar-refractivity contribution in [3.63, 3.8) is 0 Å². The quantitative estimate of drug-likeness (QED) is 0.770. The van der Waals surface area contributed by atoms with E-state index in [0.29, 0.717) is 24.3 Å². The Morgan fingerprint density at radius 1 is 1.43 bits per heavy atom. The normalized spacial score (nSPS) is 12.1. The van der Waals surface area contributed by atoms with Crippen LogP contribution >= 0.6 is 12.2 Å². The zero-order chi connectivity index (χ0) is 16.2. The van der Waals surface area contributed by atoms with Crippen molar-refractivity contribution in [3.05, 3.63) is 29.3 Å². The fraction of sp³-hybridized carbons (Fsp3) is 0.500. The van der Waals surface area contributed by atoms with E-state index in [4.69, 9.17) is 22.7 Å². The molecule has 5 nitrogen and oxygen atoms in total. The van der Waals surface area contributed by atoms with Gasteiger partial charge in [0.2, 0.25) is 10.0 Å². The second-order valence-corrected chi connectivity index (χ2v) is 7.35. The third-order valence-electron chi connectivity index (χ3n) is 3.15. The fourth-order valence-electron chi connectivity index (χ4n) is 1.99. The van der Waals surface area contributed by atoms with Crippen LogP contribution in [0.1, 0.15) is 25.0 Å². The van der Waals surface area contributed by atoms with Gasteiger partial charge in [-0.3, -0.25) is 0 Å². The van der Waals surface area contributed by atoms with Crippen LogP contribution in [0.15, 0.2) is 23.1 Å². The average molecular weight is 330 g/mol. The van der Waals surface area contributed by atoms with Crippen molar-refractivity contribution in [1.82, 2.24) is 4.31 Å². The van der Waals surface area contributed by atoms with Crippen molar-refractivity contribution in [2.45, 2.75) is 31.7 Å². The maximum atomic E-state index is 12.9. The van der Waals surface area contributed by atoms with Crippen molar-refractivity contribution in [3.8, 4) is 0 Å². The lowest BCUT2D eigenvalue weighted by Crippen LogP contribution is -2.39. The summed E-state index contributed by atoms with van der Waals surface area (Å²) >= 11 is 4.92. The van der Waals surface area contributed by atoms with E-state index >= 15 is 0 Å². The van der Waals surface area contributed by atoms with Gasteiger partial charge in [0.15, 0.2) is 0 Å². The first-order valence-electron chi connectivity index (χ1n) is 6.63. The predicted molar refractivity (Wildman–Crippen MR) is 88.0 cm³/mol. The minimum atomic E-state index is -3.62. The van der Waals surface area contributed by atoms with Crippen LogP contribution in [0, 0.1) is 6.92 Å². The Balaban J connectivity index is 3.33. The molecule has 0 amide bonds. The predicted octanol–water partition coefficient (Wildman–Crippen LogP) is 1.67. The van der Waals surface area contributed by atoms with Gasteiger partial charge in [0.05, 0.1) is 11.5 Å². The van der Waals surface area contributed by atoms with Gasteiger partial charge in [-0.25, -0.2) is 8.42 Å². The zero-order valence-electron chi connectivity index (χ0n) is 12.8. The van der Waals surface area contributed by atoms with Crippen LogP contribution in [0.5, 0.6) is 0 Å². The van der Waals surface area contributed by atoms with Gasteiger partial charge in [-0.05, 0) is 32.4 Å². The lowest BCUT2D eigenvalue weighted by molar-refractivity contribution is 0.171. The standard InChI is InChI=1S/C14H22N2O3S2/c1-10(2)16(7-8-19-4)21(17,18)13-9-12(14(15)20)6-5-11(13)3/h5-6,9-10H,7-8H2,1-4H3,(H2,15,20). The Morgan fingerprint density at radius 3 is 2.52 bits per heavy atom. The number of methoxy groups -OCH3 is 1. The molecule has 2 N–H and O–H groups in total. The van der Waals surface area contributed by atoms with E-state index in [1.54, 1.807) is 26.2 Å². The highest BCUT2D eigenvalue weighted by Crippen LogP contribution is 2.23. The smallest absolute Gasteiger partial charge is 0.243 e. The minimum Gasteiger partial charge on any atom is -0.389 e. The summed E-state index contributed by atoms with van der Waals surface area (Å²) < 4.78 is 32.1. The summed E-state index contributed by atoms with van der Waals surface area (Å²) in [5.41, 5.74) is 6.81. The lowest BCUT2D eigenvalue weighted by Gasteiger charge is -2.26. The van der Waals surface area contributed by atoms with Gasteiger partial charge in [-0.1, -0.05) is 24.4 Å². The first-order chi connectivity index (χ1) is 9.71. The van der Waals surface area contributed by atoms with Crippen LogP contribution < -0.4 is 5.73 Å². The molecule has 0 heterocycles. The number of hydrogen-bond donors (Lipinski definition) is 1. The summed E-state index contributed by atoms with van der Waals surface area (Å²) in [6.45, 7) is 6.06. The number of benzene rings is 1. The summed E-state index contributed by atoms with van der Waals surface area (Å²) in [6.07, 6.45) is 0. The van der Waals surface area contributed by atoms with Crippen LogP contribution in [0.3, 0.4) is 0 Å². The van der Waals surface area contributed by atoms with Gasteiger partial charge >= 0.3 is 0 Å². The number of aryl methyl sites for hydroxylation is 1. The van der Waals surface area contributed by atoms with Gasteiger partial charge in [-0.2, -0.15) is 4.31 Å². The molecule has 0 aliphatic rings. The molecule has 0 bridgehead atoms. The topological polar surface area (TPSA) is 72.6 Å². The first-order valence-corrected chi connectivity index (χ1v) is 8.48. The van der Waals surface area contributed by atoms with E-state index in [1.807, 2.05) is 13.8 Å². The number of rotatable bonds is 7. The van der Waals surface area contributed by atoms with Gasteiger partial charge in [0, 0.05) is 25.3 Å². The Kier molecular flexibility index (Phi) is 6.27. The van der Waals surface area contributed by atoms with Crippen LogP contribution in [0.4, 0.5) is 0 Å². The van der Waals surface area contributed by atoms with Gasteiger partial charge < -0.3 is 10.5 Å². The van der Waals surface area contributed by atoms with E-state index in [1.165, 1.54) is 10.4 Å². The van der Waals surface area contributed by atoms with Crippen LogP contribution in [0.25, 0.3) is 0 Å². The molecule has 0 saturated heterocycles. The van der Waals surface area contributed by atoms with E-state index in [2.05, 4.69) is 0 Å². The Labute approximate surface area is 132 Å². The van der Waals surface area contributed by atoms with Crippen LogP contribution in [-0.2, 0) is 14.8 Å². The number of thiocarbonyl (C=S) groups is 1. The summed E-state index contributed by atoms with van der Waals surface area (Å²) in [5, 5.41) is 0. The third-order valence-corrected chi connectivity index (χ3v) is 5.60. The molecule has 0 fully saturated rings. The maximum Gasteiger partial charge on any atom is 0.243 e. The monoisotopic (exact) mass is 330 g/mol. The Bertz CT molecular complexity index is 613. The first kappa shape index (κ1) is 18.0. The molecule has 0 radical (unpaired) electrons. The zero-order valence-corrected chi connectivity index (χ0v) is 14.4. The molecule has 0 unspecified atom stereocenters. The molecule has 0 aliphatic carbocycles. The molecule has 118 valence electrons. The minimum absolute atomic E-state index is 0.168. The van der Waals surface area contributed by atoms with E-state index in [9.17, 15) is 8.42 Å². The van der Waals surface area contributed by atoms with Gasteiger partial charge in [0.1, 0.15) is 4.99 Å². The average Bonchev–Trinajstić information content (AvgIpc) is 2.38. The summed E-state index contributed by atoms with van der Waals surface area (Å²) in [7, 11) is -2.08. The summed E-state index contributed by atoms with van der Waals surface area (Å²) in [5.74, 6) is 0. The summed E-state index contributed by atoms with van der Waals surface area (Å²) in [4.78, 5) is 0.414. The molecular weight excluding hydrogens is 308 g/mol. The van der Waals surface area contributed by atoms with E-state index in [0.717, 1.165) is 0 Å². The number of nitrogens with zero attached hydrogens (tertiary/aromatic N) is 1. The number of hydrogen-bond acceptors (Lipinski definition) is 4. The SMILES string of the molecule is COCCN(C(C)C)S(=O)(=O)c1cc(C(N)=S)ccc1C. The largest absolute Gasteiger partial charge is 0.389 e. The molecule has 21 heavy (non-hydrogen) atoms. The molecule has 0 spiro atoms. The molecular formula is C14H22N2O3S2. The van der Waals surface area contributed by atoms with Crippen molar-refractivity contribution >= 4 is 27.2 Å². The molecule has 7 heteroatoms. The Hall–Kier alpha value is -1.02.